The first-order chi connectivity index (χ1) is 11.1. The van der Waals surface area contributed by atoms with Gasteiger partial charge in [0.15, 0.2) is 5.16 Å². The second-order valence-electron chi connectivity index (χ2n) is 5.62. The van der Waals surface area contributed by atoms with E-state index in [2.05, 4.69) is 40.9 Å². The first kappa shape index (κ1) is 17.5. The molecule has 0 saturated heterocycles. The molecule has 23 heavy (non-hydrogen) atoms. The summed E-state index contributed by atoms with van der Waals surface area (Å²) < 4.78 is 2.12. The predicted octanol–water partition coefficient (Wildman–Crippen LogP) is 3.12. The zero-order chi connectivity index (χ0) is 16.8. The van der Waals surface area contributed by atoms with Gasteiger partial charge >= 0.3 is 0 Å². The Labute approximate surface area is 141 Å². The maximum absolute atomic E-state index is 12.2. The van der Waals surface area contributed by atoms with Gasteiger partial charge in [-0.15, -0.1) is 10.2 Å². The van der Waals surface area contributed by atoms with Crippen molar-refractivity contribution in [3.8, 4) is 0 Å². The fourth-order valence-electron chi connectivity index (χ4n) is 2.42. The molecule has 124 valence electrons. The van der Waals surface area contributed by atoms with E-state index in [1.807, 2.05) is 30.5 Å². The van der Waals surface area contributed by atoms with Crippen LogP contribution in [0.15, 0.2) is 29.4 Å². The summed E-state index contributed by atoms with van der Waals surface area (Å²) in [5.74, 6) is 0.860. The Morgan fingerprint density at radius 2 is 1.96 bits per heavy atom. The van der Waals surface area contributed by atoms with Gasteiger partial charge in [-0.1, -0.05) is 30.8 Å². The van der Waals surface area contributed by atoms with Crippen LogP contribution in [0.2, 0.25) is 0 Å². The van der Waals surface area contributed by atoms with E-state index in [1.54, 1.807) is 11.8 Å². The van der Waals surface area contributed by atoms with Crippen LogP contribution in [-0.4, -0.2) is 33.5 Å². The van der Waals surface area contributed by atoms with E-state index in [4.69, 9.17) is 0 Å². The number of nitrogens with one attached hydrogen (secondary N) is 1. The molecule has 1 amide bonds. The topological polar surface area (TPSA) is 59.8 Å². The van der Waals surface area contributed by atoms with E-state index in [0.717, 1.165) is 17.4 Å². The van der Waals surface area contributed by atoms with E-state index in [-0.39, 0.29) is 5.91 Å². The number of amides is 1. The van der Waals surface area contributed by atoms with Crippen molar-refractivity contribution in [3.63, 3.8) is 0 Å². The van der Waals surface area contributed by atoms with Gasteiger partial charge in [-0.3, -0.25) is 4.79 Å². The highest BCUT2D eigenvalue weighted by Crippen LogP contribution is 2.19. The highest BCUT2D eigenvalue weighted by molar-refractivity contribution is 7.98. The molecule has 0 unspecified atom stereocenters. The summed E-state index contributed by atoms with van der Waals surface area (Å²) in [5.41, 5.74) is 1.92. The van der Waals surface area contributed by atoms with Gasteiger partial charge in [0.2, 0.25) is 0 Å². The monoisotopic (exact) mass is 332 g/mol. The molecular weight excluding hydrogens is 308 g/mol. The number of hydrogen-bond donors (Lipinski definition) is 1. The van der Waals surface area contributed by atoms with Gasteiger partial charge in [0.05, 0.1) is 0 Å². The summed E-state index contributed by atoms with van der Waals surface area (Å²) >= 11 is 1.59. The Balaban J connectivity index is 1.94. The van der Waals surface area contributed by atoms with Crippen LogP contribution in [0.1, 0.15) is 48.6 Å². The quantitative estimate of drug-likeness (QED) is 0.792. The molecule has 1 N–H and O–H groups in total. The maximum Gasteiger partial charge on any atom is 0.251 e. The van der Waals surface area contributed by atoms with E-state index >= 15 is 0 Å². The van der Waals surface area contributed by atoms with Crippen molar-refractivity contribution in [1.29, 1.82) is 0 Å². The van der Waals surface area contributed by atoms with Gasteiger partial charge in [0.25, 0.3) is 5.91 Å². The average Bonchev–Trinajstić information content (AvgIpc) is 2.98. The number of carbonyl (C=O) groups excluding carboxylic acids is 1. The molecule has 0 aliphatic rings. The van der Waals surface area contributed by atoms with Crippen molar-refractivity contribution in [1.82, 2.24) is 20.1 Å². The number of aryl methyl sites for hydroxylation is 1. The van der Waals surface area contributed by atoms with Crippen LogP contribution in [0.25, 0.3) is 0 Å². The zero-order valence-electron chi connectivity index (χ0n) is 14.2. The lowest BCUT2D eigenvalue weighted by Gasteiger charge is -2.13. The van der Waals surface area contributed by atoms with Gasteiger partial charge in [-0.2, -0.15) is 0 Å². The van der Waals surface area contributed by atoms with E-state index in [9.17, 15) is 4.79 Å². The average molecular weight is 332 g/mol. The molecule has 1 aromatic heterocycles. The summed E-state index contributed by atoms with van der Waals surface area (Å²) in [5, 5.41) is 12.3. The number of hydrogen-bond acceptors (Lipinski definition) is 4. The van der Waals surface area contributed by atoms with Gasteiger partial charge in [-0.05, 0) is 44.2 Å². The lowest BCUT2D eigenvalue weighted by atomic mass is 10.1. The van der Waals surface area contributed by atoms with Gasteiger partial charge < -0.3 is 9.88 Å². The van der Waals surface area contributed by atoms with Crippen LogP contribution < -0.4 is 5.32 Å². The minimum absolute atomic E-state index is 0.0478. The van der Waals surface area contributed by atoms with Crippen LogP contribution in [0.5, 0.6) is 0 Å². The SMILES string of the molecule is CCc1ccc(C(=O)NCCc2nnc(SC)n2C(C)C)cc1. The molecule has 1 aromatic carbocycles. The fourth-order valence-corrected chi connectivity index (χ4v) is 3.05. The third kappa shape index (κ3) is 4.34. The Hall–Kier alpha value is -1.82. The predicted molar refractivity (Wildman–Crippen MR) is 94.0 cm³/mol. The van der Waals surface area contributed by atoms with Crippen LogP contribution in [-0.2, 0) is 12.8 Å². The minimum atomic E-state index is -0.0478. The summed E-state index contributed by atoms with van der Waals surface area (Å²) in [6, 6.07) is 8.04. The molecule has 6 heteroatoms. The largest absolute Gasteiger partial charge is 0.352 e. The molecule has 1 heterocycles. The lowest BCUT2D eigenvalue weighted by molar-refractivity contribution is 0.0954. The highest BCUT2D eigenvalue weighted by atomic mass is 32.2. The Kier molecular flexibility index (Phi) is 6.21. The summed E-state index contributed by atoms with van der Waals surface area (Å²) in [6.45, 7) is 6.87. The van der Waals surface area contributed by atoms with Gasteiger partial charge in [0.1, 0.15) is 5.82 Å². The molecule has 2 rings (SSSR count). The highest BCUT2D eigenvalue weighted by Gasteiger charge is 2.14. The molecule has 5 nitrogen and oxygen atoms in total. The second kappa shape index (κ2) is 8.15. The lowest BCUT2D eigenvalue weighted by Crippen LogP contribution is -2.26. The van der Waals surface area contributed by atoms with Crippen molar-refractivity contribution in [3.05, 3.63) is 41.2 Å². The molecule has 0 aliphatic carbocycles. The van der Waals surface area contributed by atoms with Crippen molar-refractivity contribution in [2.24, 2.45) is 0 Å². The van der Waals surface area contributed by atoms with Crippen LogP contribution in [0.4, 0.5) is 0 Å². The molecule has 0 radical (unpaired) electrons. The molecule has 0 aliphatic heterocycles. The first-order valence-corrected chi connectivity index (χ1v) is 9.14. The van der Waals surface area contributed by atoms with Crippen molar-refractivity contribution in [2.75, 3.05) is 12.8 Å². The van der Waals surface area contributed by atoms with E-state index in [1.165, 1.54) is 5.56 Å². The normalized spacial score (nSPS) is 11.0. The number of carbonyl (C=O) groups is 1. The number of aromatic nitrogens is 3. The first-order valence-electron chi connectivity index (χ1n) is 7.91. The maximum atomic E-state index is 12.2. The van der Waals surface area contributed by atoms with Crippen molar-refractivity contribution < 1.29 is 4.79 Å². The number of thioether (sulfide) groups is 1. The summed E-state index contributed by atoms with van der Waals surface area (Å²) in [6.07, 6.45) is 3.64. The third-order valence-electron chi connectivity index (χ3n) is 3.69. The molecule has 0 fully saturated rings. The molecule has 0 saturated carbocycles. The molecule has 0 atom stereocenters. The number of nitrogens with zero attached hydrogens (tertiary/aromatic N) is 3. The molecule has 2 aromatic rings. The fraction of sp³-hybridized carbons (Fsp3) is 0.471. The van der Waals surface area contributed by atoms with Crippen LogP contribution in [0.3, 0.4) is 0 Å². The Morgan fingerprint density at radius 3 is 2.52 bits per heavy atom. The smallest absolute Gasteiger partial charge is 0.251 e. The van der Waals surface area contributed by atoms with Gasteiger partial charge in [0, 0.05) is 24.6 Å². The molecular formula is C17H24N4OS. The number of rotatable bonds is 7. The van der Waals surface area contributed by atoms with Gasteiger partial charge in [-0.25, -0.2) is 0 Å². The molecule has 0 bridgehead atoms. The molecule has 0 spiro atoms. The standard InChI is InChI=1S/C17H24N4OS/c1-5-13-6-8-14(9-7-13)16(22)18-11-10-15-19-20-17(23-4)21(15)12(2)3/h6-9,12H,5,10-11H2,1-4H3,(H,18,22). The van der Waals surface area contributed by atoms with E-state index < -0.39 is 0 Å². The minimum Gasteiger partial charge on any atom is -0.352 e. The Morgan fingerprint density at radius 1 is 1.26 bits per heavy atom. The third-order valence-corrected chi connectivity index (χ3v) is 4.34. The zero-order valence-corrected chi connectivity index (χ0v) is 15.0. The summed E-state index contributed by atoms with van der Waals surface area (Å²) in [4.78, 5) is 12.2. The second-order valence-corrected chi connectivity index (χ2v) is 6.40. The van der Waals surface area contributed by atoms with Crippen molar-refractivity contribution in [2.45, 2.75) is 44.8 Å². The summed E-state index contributed by atoms with van der Waals surface area (Å²) in [7, 11) is 0. The number of benzene rings is 1. The van der Waals surface area contributed by atoms with E-state index in [0.29, 0.717) is 24.6 Å². The van der Waals surface area contributed by atoms with Crippen LogP contribution in [0, 0.1) is 0 Å². The van der Waals surface area contributed by atoms with Crippen molar-refractivity contribution >= 4 is 17.7 Å². The Bertz CT molecular complexity index is 649. The van der Waals surface area contributed by atoms with Crippen LogP contribution >= 0.6 is 11.8 Å².